The van der Waals surface area contributed by atoms with E-state index in [2.05, 4.69) is 31.2 Å². The van der Waals surface area contributed by atoms with E-state index in [4.69, 9.17) is 4.74 Å². The number of hydrogen-bond acceptors (Lipinski definition) is 6. The highest BCUT2D eigenvalue weighted by Crippen LogP contribution is 2.27. The lowest BCUT2D eigenvalue weighted by Gasteiger charge is -2.23. The molecule has 1 aromatic heterocycles. The van der Waals surface area contributed by atoms with Crippen LogP contribution in [0.15, 0.2) is 28.9 Å². The van der Waals surface area contributed by atoms with Crippen LogP contribution in [0.5, 0.6) is 0 Å². The third kappa shape index (κ3) is 4.01. The Bertz CT molecular complexity index is 868. The molecule has 7 nitrogen and oxygen atoms in total. The van der Waals surface area contributed by atoms with Gasteiger partial charge in [0.2, 0.25) is 5.95 Å². The second kappa shape index (κ2) is 7.73. The molecule has 3 atom stereocenters. The van der Waals surface area contributed by atoms with Crippen LogP contribution in [0, 0.1) is 11.6 Å². The van der Waals surface area contributed by atoms with Crippen molar-refractivity contribution in [3.05, 3.63) is 46.1 Å². The molecule has 0 radical (unpaired) electrons. The molecule has 2 heterocycles. The van der Waals surface area contributed by atoms with Crippen molar-refractivity contribution in [3.8, 4) is 0 Å². The second-order valence-electron chi connectivity index (χ2n) is 6.15. The van der Waals surface area contributed by atoms with Crippen molar-refractivity contribution >= 4 is 33.8 Å². The summed E-state index contributed by atoms with van der Waals surface area (Å²) < 4.78 is 32.9. The van der Waals surface area contributed by atoms with Crippen molar-refractivity contribution in [2.75, 3.05) is 16.8 Å². The van der Waals surface area contributed by atoms with Crippen LogP contribution in [0.2, 0.25) is 0 Å². The zero-order chi connectivity index (χ0) is 19.7. The van der Waals surface area contributed by atoms with Crippen molar-refractivity contribution in [1.29, 1.82) is 0 Å². The van der Waals surface area contributed by atoms with Gasteiger partial charge in [0.15, 0.2) is 0 Å². The van der Waals surface area contributed by atoms with E-state index < -0.39 is 35.9 Å². The zero-order valence-corrected chi connectivity index (χ0v) is 16.1. The van der Waals surface area contributed by atoms with Gasteiger partial charge >= 0.3 is 6.09 Å². The first-order valence-corrected chi connectivity index (χ1v) is 8.95. The van der Waals surface area contributed by atoms with Gasteiger partial charge in [-0.05, 0) is 48.0 Å². The van der Waals surface area contributed by atoms with Gasteiger partial charge in [0.1, 0.15) is 30.1 Å². The lowest BCUT2D eigenvalue weighted by molar-refractivity contribution is 0.142. The van der Waals surface area contributed by atoms with Crippen LogP contribution in [0.3, 0.4) is 0 Å². The zero-order valence-electron chi connectivity index (χ0n) is 14.5. The maximum Gasteiger partial charge on any atom is 0.416 e. The Kier molecular flexibility index (Phi) is 5.56. The van der Waals surface area contributed by atoms with Gasteiger partial charge in [0, 0.05) is 11.8 Å². The number of aliphatic hydroxyl groups is 1. The lowest BCUT2D eigenvalue weighted by Crippen LogP contribution is -2.41. The molecule has 144 valence electrons. The quantitative estimate of drug-likeness (QED) is 0.689. The fraction of sp³-hybridized carbons (Fsp3) is 0.353. The third-order valence-electron chi connectivity index (χ3n) is 4.20. The number of aromatic nitrogens is 2. The molecule has 1 aromatic carbocycles. The summed E-state index contributed by atoms with van der Waals surface area (Å²) >= 11 is 2.94. The van der Waals surface area contributed by atoms with E-state index in [0.29, 0.717) is 0 Å². The van der Waals surface area contributed by atoms with E-state index in [-0.39, 0.29) is 28.4 Å². The third-order valence-corrected chi connectivity index (χ3v) is 4.81. The summed E-state index contributed by atoms with van der Waals surface area (Å²) in [7, 11) is 0. The van der Waals surface area contributed by atoms with E-state index in [0.717, 1.165) is 12.1 Å². The molecule has 1 aliphatic rings. The standard InChI is InChI=1S/C17H17BrF2N4O3/c1-8(10-5-13(20)11(18)6-12(10)19)22-16-21-4-3-15(23-16)24-14(9(2)25)7-27-17(24)26/h3-6,8-9,14,25H,7H2,1-2H3,(H,21,22,23)/t8-,9+,14+/m0/s1. The molecular weight excluding hydrogens is 426 g/mol. The number of cyclic esters (lactones) is 1. The Balaban J connectivity index is 1.84. The summed E-state index contributed by atoms with van der Waals surface area (Å²) in [5.41, 5.74) is 0.104. The molecule has 0 saturated carbocycles. The normalized spacial score (nSPS) is 19.0. The van der Waals surface area contributed by atoms with Gasteiger partial charge in [-0.1, -0.05) is 0 Å². The summed E-state index contributed by atoms with van der Waals surface area (Å²) in [5, 5.41) is 12.7. The van der Waals surface area contributed by atoms with Gasteiger partial charge in [-0.3, -0.25) is 4.90 Å². The van der Waals surface area contributed by atoms with Gasteiger partial charge in [-0.15, -0.1) is 0 Å². The van der Waals surface area contributed by atoms with E-state index >= 15 is 0 Å². The first-order valence-electron chi connectivity index (χ1n) is 8.16. The van der Waals surface area contributed by atoms with Gasteiger partial charge < -0.3 is 15.2 Å². The number of ether oxygens (including phenoxy) is 1. The van der Waals surface area contributed by atoms with Crippen molar-refractivity contribution < 1.29 is 23.4 Å². The molecule has 2 N–H and O–H groups in total. The minimum atomic E-state index is -0.818. The summed E-state index contributed by atoms with van der Waals surface area (Å²) in [6.07, 6.45) is -0.0261. The molecule has 2 aromatic rings. The predicted octanol–water partition coefficient (Wildman–Crippen LogP) is 3.40. The number of halogens is 3. The molecule has 1 saturated heterocycles. The molecule has 1 aliphatic heterocycles. The van der Waals surface area contributed by atoms with Crippen LogP contribution in [-0.4, -0.2) is 39.9 Å². The number of hydrogen-bond donors (Lipinski definition) is 2. The van der Waals surface area contributed by atoms with Crippen LogP contribution in [0.4, 0.5) is 25.3 Å². The Hall–Kier alpha value is -2.33. The number of carbonyl (C=O) groups excluding carboxylic acids is 1. The summed E-state index contributed by atoms with van der Waals surface area (Å²) in [6.45, 7) is 3.22. The number of aliphatic hydroxyl groups excluding tert-OH is 1. The molecule has 0 spiro atoms. The van der Waals surface area contributed by atoms with Crippen LogP contribution in [0.1, 0.15) is 25.5 Å². The van der Waals surface area contributed by atoms with Crippen molar-refractivity contribution in [2.45, 2.75) is 32.0 Å². The van der Waals surface area contributed by atoms with E-state index in [1.165, 1.54) is 17.2 Å². The lowest BCUT2D eigenvalue weighted by atomic mass is 10.1. The first kappa shape index (κ1) is 19.4. The summed E-state index contributed by atoms with van der Waals surface area (Å²) in [4.78, 5) is 21.5. The van der Waals surface area contributed by atoms with Gasteiger partial charge in [0.05, 0.1) is 16.6 Å². The average Bonchev–Trinajstić information content (AvgIpc) is 3.00. The average molecular weight is 443 g/mol. The monoisotopic (exact) mass is 442 g/mol. The Labute approximate surface area is 162 Å². The predicted molar refractivity (Wildman–Crippen MR) is 97.4 cm³/mol. The van der Waals surface area contributed by atoms with Gasteiger partial charge in [0.25, 0.3) is 0 Å². The number of amides is 1. The number of rotatable bonds is 5. The number of anilines is 2. The van der Waals surface area contributed by atoms with Crippen LogP contribution >= 0.6 is 15.9 Å². The highest BCUT2D eigenvalue weighted by molar-refractivity contribution is 9.10. The SMILES string of the molecule is C[C@H](Nc1nccc(N2C(=O)OC[C@@H]2[C@@H](C)O)n1)c1cc(F)c(Br)cc1F. The van der Waals surface area contributed by atoms with Crippen LogP contribution < -0.4 is 10.2 Å². The molecule has 0 unspecified atom stereocenters. The fourth-order valence-corrected chi connectivity index (χ4v) is 3.06. The number of carbonyl (C=O) groups is 1. The highest BCUT2D eigenvalue weighted by atomic mass is 79.9. The molecule has 27 heavy (non-hydrogen) atoms. The summed E-state index contributed by atoms with van der Waals surface area (Å²) in [5.74, 6) is -0.826. The maximum absolute atomic E-state index is 14.1. The van der Waals surface area contributed by atoms with Crippen molar-refractivity contribution in [1.82, 2.24) is 9.97 Å². The molecule has 1 amide bonds. The number of nitrogens with one attached hydrogen (secondary N) is 1. The van der Waals surface area contributed by atoms with Crippen LogP contribution in [-0.2, 0) is 4.74 Å². The Morgan fingerprint density at radius 2 is 2.11 bits per heavy atom. The van der Waals surface area contributed by atoms with Gasteiger partial charge in [-0.25, -0.2) is 18.6 Å². The van der Waals surface area contributed by atoms with Gasteiger partial charge in [-0.2, -0.15) is 4.98 Å². The molecule has 10 heteroatoms. The number of nitrogens with zero attached hydrogens (tertiary/aromatic N) is 3. The Morgan fingerprint density at radius 1 is 1.37 bits per heavy atom. The molecule has 3 rings (SSSR count). The molecule has 0 aliphatic carbocycles. The van der Waals surface area contributed by atoms with E-state index in [1.54, 1.807) is 13.8 Å². The molecular formula is C17H17BrF2N4O3. The topological polar surface area (TPSA) is 87.6 Å². The van der Waals surface area contributed by atoms with E-state index in [9.17, 15) is 18.7 Å². The van der Waals surface area contributed by atoms with Crippen LogP contribution in [0.25, 0.3) is 0 Å². The minimum absolute atomic E-state index is 0.0332. The minimum Gasteiger partial charge on any atom is -0.447 e. The fourth-order valence-electron chi connectivity index (χ4n) is 2.75. The largest absolute Gasteiger partial charge is 0.447 e. The van der Waals surface area contributed by atoms with Crippen molar-refractivity contribution in [2.24, 2.45) is 0 Å². The molecule has 0 bridgehead atoms. The first-order chi connectivity index (χ1) is 12.8. The summed E-state index contributed by atoms with van der Waals surface area (Å²) in [6, 6.07) is 2.42. The Morgan fingerprint density at radius 3 is 2.81 bits per heavy atom. The molecule has 1 fully saturated rings. The second-order valence-corrected chi connectivity index (χ2v) is 7.00. The van der Waals surface area contributed by atoms with E-state index in [1.807, 2.05) is 0 Å². The smallest absolute Gasteiger partial charge is 0.416 e. The highest BCUT2D eigenvalue weighted by Gasteiger charge is 2.38. The maximum atomic E-state index is 14.1. The number of benzene rings is 1. The van der Waals surface area contributed by atoms with Crippen molar-refractivity contribution in [3.63, 3.8) is 0 Å².